The average Bonchev–Trinajstić information content (AvgIpc) is 2.70. The maximum atomic E-state index is 12.4. The lowest BCUT2D eigenvalue weighted by Gasteiger charge is -2.19. The van der Waals surface area contributed by atoms with Crippen molar-refractivity contribution >= 4 is 34.8 Å². The maximum Gasteiger partial charge on any atom is 0.274 e. The summed E-state index contributed by atoms with van der Waals surface area (Å²) < 4.78 is 11.1. The number of anilines is 3. The summed E-state index contributed by atoms with van der Waals surface area (Å²) in [6.07, 6.45) is 1.52. The Morgan fingerprint density at radius 3 is 2.52 bits per heavy atom. The highest BCUT2D eigenvalue weighted by Crippen LogP contribution is 2.33. The molecule has 2 heterocycles. The molecule has 4 rings (SSSR count). The number of nitrogens with zero attached hydrogens (tertiary/aromatic N) is 2. The molecule has 0 saturated carbocycles. The second-order valence-electron chi connectivity index (χ2n) is 5.71. The van der Waals surface area contributed by atoms with Crippen molar-refractivity contribution in [3.05, 3.63) is 65.4 Å². The summed E-state index contributed by atoms with van der Waals surface area (Å²) in [5.74, 6) is 1.31. The Morgan fingerprint density at radius 2 is 1.70 bits per heavy atom. The van der Waals surface area contributed by atoms with Gasteiger partial charge < -0.3 is 20.1 Å². The Kier molecular flexibility index (Phi) is 4.76. The Labute approximate surface area is 160 Å². The van der Waals surface area contributed by atoms with Gasteiger partial charge in [0.2, 0.25) is 5.95 Å². The van der Waals surface area contributed by atoms with Gasteiger partial charge in [0.05, 0.1) is 0 Å². The topological polar surface area (TPSA) is 85.4 Å². The molecule has 1 aliphatic rings. The van der Waals surface area contributed by atoms with Crippen molar-refractivity contribution in [1.82, 2.24) is 9.97 Å². The first kappa shape index (κ1) is 17.1. The largest absolute Gasteiger partial charge is 0.486 e. The molecule has 0 atom stereocenters. The molecule has 0 saturated heterocycles. The number of hydrogen-bond acceptors (Lipinski definition) is 6. The molecular formula is C19H15ClN4O3. The molecule has 0 unspecified atom stereocenters. The van der Waals surface area contributed by atoms with Gasteiger partial charge in [0, 0.05) is 28.7 Å². The van der Waals surface area contributed by atoms with E-state index in [9.17, 15) is 4.79 Å². The summed E-state index contributed by atoms with van der Waals surface area (Å²) in [5, 5.41) is 6.43. The van der Waals surface area contributed by atoms with Crippen LogP contribution in [0, 0.1) is 0 Å². The third-order valence-electron chi connectivity index (χ3n) is 3.79. The smallest absolute Gasteiger partial charge is 0.274 e. The fourth-order valence-corrected chi connectivity index (χ4v) is 2.65. The predicted octanol–water partition coefficient (Wildman–Crippen LogP) is 3.90. The lowest BCUT2D eigenvalue weighted by molar-refractivity contribution is 0.102. The zero-order valence-corrected chi connectivity index (χ0v) is 14.9. The highest BCUT2D eigenvalue weighted by molar-refractivity contribution is 6.30. The van der Waals surface area contributed by atoms with E-state index in [0.717, 1.165) is 5.69 Å². The summed E-state index contributed by atoms with van der Waals surface area (Å²) in [4.78, 5) is 20.8. The number of carbonyl (C=O) groups excluding carboxylic acids is 1. The van der Waals surface area contributed by atoms with Crippen molar-refractivity contribution in [2.24, 2.45) is 0 Å². The number of amides is 1. The van der Waals surface area contributed by atoms with Gasteiger partial charge in [0.15, 0.2) is 11.5 Å². The minimum atomic E-state index is -0.343. The number of fused-ring (bicyclic) bond motifs is 1. The van der Waals surface area contributed by atoms with Crippen molar-refractivity contribution in [3.8, 4) is 11.5 Å². The van der Waals surface area contributed by atoms with Gasteiger partial charge in [-0.3, -0.25) is 4.79 Å². The van der Waals surface area contributed by atoms with Crippen LogP contribution >= 0.6 is 11.6 Å². The first-order valence-electron chi connectivity index (χ1n) is 8.24. The summed E-state index contributed by atoms with van der Waals surface area (Å²) >= 11 is 5.85. The normalized spacial score (nSPS) is 12.3. The zero-order valence-electron chi connectivity index (χ0n) is 14.1. The van der Waals surface area contributed by atoms with Crippen LogP contribution in [0.1, 0.15) is 10.5 Å². The number of carbonyl (C=O) groups is 1. The molecule has 2 N–H and O–H groups in total. The molecule has 27 heavy (non-hydrogen) atoms. The number of aromatic nitrogens is 2. The van der Waals surface area contributed by atoms with E-state index in [4.69, 9.17) is 21.1 Å². The lowest BCUT2D eigenvalue weighted by Crippen LogP contribution is -2.15. The minimum absolute atomic E-state index is 0.236. The Morgan fingerprint density at radius 1 is 0.963 bits per heavy atom. The summed E-state index contributed by atoms with van der Waals surface area (Å²) in [7, 11) is 0. The minimum Gasteiger partial charge on any atom is -0.486 e. The number of rotatable bonds is 4. The van der Waals surface area contributed by atoms with Gasteiger partial charge in [0.1, 0.15) is 18.9 Å². The summed E-state index contributed by atoms with van der Waals surface area (Å²) in [6.45, 7) is 1.04. The molecule has 0 fully saturated rings. The highest BCUT2D eigenvalue weighted by atomic mass is 35.5. The monoisotopic (exact) mass is 382 g/mol. The fraction of sp³-hybridized carbons (Fsp3) is 0.105. The number of halogens is 1. The van der Waals surface area contributed by atoms with Crippen LogP contribution in [0.4, 0.5) is 17.3 Å². The molecule has 3 aromatic rings. The van der Waals surface area contributed by atoms with Gasteiger partial charge in [-0.2, -0.15) is 0 Å². The average molecular weight is 383 g/mol. The van der Waals surface area contributed by atoms with E-state index in [0.29, 0.717) is 41.4 Å². The van der Waals surface area contributed by atoms with Crippen molar-refractivity contribution < 1.29 is 14.3 Å². The van der Waals surface area contributed by atoms with Crippen LogP contribution in [-0.4, -0.2) is 29.1 Å². The highest BCUT2D eigenvalue weighted by Gasteiger charge is 2.13. The van der Waals surface area contributed by atoms with E-state index in [1.807, 2.05) is 12.1 Å². The number of ether oxygens (including phenoxy) is 2. The molecule has 0 spiro atoms. The first-order chi connectivity index (χ1) is 13.2. The van der Waals surface area contributed by atoms with Crippen LogP contribution in [0.5, 0.6) is 11.5 Å². The molecule has 2 aromatic carbocycles. The van der Waals surface area contributed by atoms with Crippen molar-refractivity contribution in [2.75, 3.05) is 23.8 Å². The van der Waals surface area contributed by atoms with Crippen LogP contribution in [0.3, 0.4) is 0 Å². The molecule has 1 amide bonds. The van der Waals surface area contributed by atoms with Gasteiger partial charge >= 0.3 is 0 Å². The molecule has 1 aliphatic heterocycles. The third-order valence-corrected chi connectivity index (χ3v) is 4.04. The van der Waals surface area contributed by atoms with E-state index in [-0.39, 0.29) is 11.6 Å². The number of nitrogens with one attached hydrogen (secondary N) is 2. The Bertz CT molecular complexity index is 979. The Balaban J connectivity index is 1.48. The lowest BCUT2D eigenvalue weighted by atomic mass is 10.2. The van der Waals surface area contributed by atoms with Gasteiger partial charge in [-0.25, -0.2) is 9.97 Å². The van der Waals surface area contributed by atoms with Crippen LogP contribution < -0.4 is 20.1 Å². The van der Waals surface area contributed by atoms with E-state index in [2.05, 4.69) is 20.6 Å². The molecule has 1 aromatic heterocycles. The standard InChI is InChI=1S/C19H15ClN4O3/c20-12-1-3-13(4-2-12)22-18(25)15-7-8-21-19(24-15)23-14-5-6-16-17(11-14)27-10-9-26-16/h1-8,11H,9-10H2,(H,22,25)(H,21,23,24). The first-order valence-corrected chi connectivity index (χ1v) is 8.62. The van der Waals surface area contributed by atoms with Crippen LogP contribution in [-0.2, 0) is 0 Å². The maximum absolute atomic E-state index is 12.4. The number of benzene rings is 2. The van der Waals surface area contributed by atoms with Gasteiger partial charge in [-0.1, -0.05) is 11.6 Å². The Hall–Kier alpha value is -3.32. The van der Waals surface area contributed by atoms with E-state index < -0.39 is 0 Å². The van der Waals surface area contributed by atoms with Gasteiger partial charge in [-0.15, -0.1) is 0 Å². The molecule has 0 aliphatic carbocycles. The van der Waals surface area contributed by atoms with E-state index in [1.165, 1.54) is 6.20 Å². The number of hydrogen-bond donors (Lipinski definition) is 2. The molecule has 0 bridgehead atoms. The van der Waals surface area contributed by atoms with Crippen molar-refractivity contribution in [2.45, 2.75) is 0 Å². The molecular weight excluding hydrogens is 368 g/mol. The van der Waals surface area contributed by atoms with E-state index >= 15 is 0 Å². The van der Waals surface area contributed by atoms with Gasteiger partial charge in [0.25, 0.3) is 5.91 Å². The SMILES string of the molecule is O=C(Nc1ccc(Cl)cc1)c1ccnc(Nc2ccc3c(c2)OCCO3)n1. The second-order valence-corrected chi connectivity index (χ2v) is 6.15. The van der Waals surface area contributed by atoms with E-state index in [1.54, 1.807) is 36.4 Å². The molecule has 8 heteroatoms. The second kappa shape index (κ2) is 7.51. The molecule has 7 nitrogen and oxygen atoms in total. The van der Waals surface area contributed by atoms with Crippen molar-refractivity contribution in [3.63, 3.8) is 0 Å². The zero-order chi connectivity index (χ0) is 18.6. The molecule has 0 radical (unpaired) electrons. The fourth-order valence-electron chi connectivity index (χ4n) is 2.52. The van der Waals surface area contributed by atoms with Crippen LogP contribution in [0.15, 0.2) is 54.7 Å². The van der Waals surface area contributed by atoms with Crippen molar-refractivity contribution in [1.29, 1.82) is 0 Å². The quantitative estimate of drug-likeness (QED) is 0.711. The van der Waals surface area contributed by atoms with Gasteiger partial charge in [-0.05, 0) is 42.5 Å². The van der Waals surface area contributed by atoms with Crippen LogP contribution in [0.2, 0.25) is 5.02 Å². The summed E-state index contributed by atoms with van der Waals surface area (Å²) in [5.41, 5.74) is 1.60. The summed E-state index contributed by atoms with van der Waals surface area (Å²) in [6, 6.07) is 13.8. The third kappa shape index (κ3) is 4.09. The predicted molar refractivity (Wildman–Crippen MR) is 102 cm³/mol. The molecule has 136 valence electrons. The van der Waals surface area contributed by atoms with Crippen LogP contribution in [0.25, 0.3) is 0 Å².